The number of carbonyl (C=O) groups is 2. The number of aryl methyl sites for hydroxylation is 2. The fourth-order valence-electron chi connectivity index (χ4n) is 5.30. The van der Waals surface area contributed by atoms with E-state index >= 15 is 0 Å². The Morgan fingerprint density at radius 2 is 1.73 bits per heavy atom. The third-order valence-electron chi connectivity index (χ3n) is 7.55. The summed E-state index contributed by atoms with van der Waals surface area (Å²) in [7, 11) is -4.17. The summed E-state index contributed by atoms with van der Waals surface area (Å²) in [5, 5.41) is 10.4. The van der Waals surface area contributed by atoms with Crippen molar-refractivity contribution in [3.63, 3.8) is 0 Å². The number of benzene rings is 4. The summed E-state index contributed by atoms with van der Waals surface area (Å²) in [5.41, 5.74) is 9.26. The quantitative estimate of drug-likeness (QED) is 0.0857. The zero-order valence-electron chi connectivity index (χ0n) is 24.3. The highest BCUT2D eigenvalue weighted by molar-refractivity contribution is 14.0. The van der Waals surface area contributed by atoms with Gasteiger partial charge in [-0.3, -0.25) is 10.2 Å². The Bertz CT molecular complexity index is 1790. The minimum absolute atomic E-state index is 0. The molecule has 4 aromatic rings. The predicted molar refractivity (Wildman–Crippen MR) is 183 cm³/mol. The van der Waals surface area contributed by atoms with Crippen LogP contribution in [0.5, 0.6) is 0 Å². The molecule has 0 saturated heterocycles. The van der Waals surface area contributed by atoms with E-state index in [2.05, 4.69) is 5.32 Å². The molecule has 1 aliphatic heterocycles. The fraction of sp³-hybridized carbons (Fsp3) is 0.242. The number of nitrogens with two attached hydrogens (primary N) is 1. The maximum absolute atomic E-state index is 13.7. The van der Waals surface area contributed by atoms with Crippen molar-refractivity contribution in [2.75, 3.05) is 23.4 Å². The normalized spacial score (nSPS) is 13.3. The van der Waals surface area contributed by atoms with Gasteiger partial charge in [0, 0.05) is 29.9 Å². The summed E-state index contributed by atoms with van der Waals surface area (Å²) < 4.78 is 32.6. The maximum Gasteiger partial charge on any atom is 0.344 e. The van der Waals surface area contributed by atoms with Crippen molar-refractivity contribution >= 4 is 73.7 Å². The van der Waals surface area contributed by atoms with Gasteiger partial charge in [0.15, 0.2) is 0 Å². The Morgan fingerprint density at radius 3 is 2.43 bits per heavy atom. The van der Waals surface area contributed by atoms with Gasteiger partial charge in [0.1, 0.15) is 5.84 Å². The van der Waals surface area contributed by atoms with E-state index in [0.717, 1.165) is 34.0 Å². The second-order valence-electron chi connectivity index (χ2n) is 10.4. The first-order chi connectivity index (χ1) is 20.7. The van der Waals surface area contributed by atoms with Gasteiger partial charge < -0.3 is 20.7 Å². The lowest BCUT2D eigenvalue weighted by atomic mass is 9.99. The first-order valence-corrected chi connectivity index (χ1v) is 15.7. The Labute approximate surface area is 274 Å². The van der Waals surface area contributed by atoms with Crippen molar-refractivity contribution < 1.29 is 22.7 Å². The van der Waals surface area contributed by atoms with Crippen LogP contribution < -0.4 is 16.0 Å². The van der Waals surface area contributed by atoms with Gasteiger partial charge in [0.05, 0.1) is 11.5 Å². The van der Waals surface area contributed by atoms with Gasteiger partial charge in [-0.15, -0.1) is 24.0 Å². The molecule has 230 valence electrons. The zero-order valence-corrected chi connectivity index (χ0v) is 27.4. The van der Waals surface area contributed by atoms with Crippen LogP contribution in [0.1, 0.15) is 36.5 Å². The zero-order chi connectivity index (χ0) is 30.6. The number of nitrogen functional groups attached to an aromatic ring is 1. The molecule has 1 unspecified atom stereocenters. The lowest BCUT2D eigenvalue weighted by Gasteiger charge is -2.30. The molecule has 0 radical (unpaired) electrons. The topological polar surface area (TPSA) is 143 Å². The van der Waals surface area contributed by atoms with Crippen LogP contribution in [-0.4, -0.2) is 44.7 Å². The number of nitrogens with zero attached hydrogens (tertiary/aromatic N) is 1. The van der Waals surface area contributed by atoms with Crippen LogP contribution in [-0.2, 0) is 37.0 Å². The Hall–Kier alpha value is -3.97. The van der Waals surface area contributed by atoms with E-state index in [1.807, 2.05) is 36.4 Å². The van der Waals surface area contributed by atoms with Crippen molar-refractivity contribution in [2.45, 2.75) is 42.9 Å². The van der Waals surface area contributed by atoms with Gasteiger partial charge in [-0.1, -0.05) is 54.6 Å². The molecule has 0 bridgehead atoms. The number of halogens is 1. The van der Waals surface area contributed by atoms with Crippen molar-refractivity contribution in [1.29, 1.82) is 5.41 Å². The smallest absolute Gasteiger partial charge is 0.344 e. The second kappa shape index (κ2) is 14.2. The van der Waals surface area contributed by atoms with Crippen LogP contribution in [0.15, 0.2) is 89.8 Å². The van der Waals surface area contributed by atoms with E-state index in [9.17, 15) is 18.0 Å². The molecule has 0 spiro atoms. The number of nitrogens with one attached hydrogen (secondary N) is 2. The Balaban J connectivity index is 0.00000442. The number of amidine groups is 1. The number of esters is 1. The monoisotopic (exact) mass is 726 g/mol. The molecule has 1 amide bonds. The molecule has 4 N–H and O–H groups in total. The molecule has 0 saturated carbocycles. The minimum atomic E-state index is -4.17. The molecule has 44 heavy (non-hydrogen) atoms. The molecule has 1 atom stereocenters. The van der Waals surface area contributed by atoms with E-state index < -0.39 is 21.2 Å². The predicted octanol–water partition coefficient (Wildman–Crippen LogP) is 5.43. The van der Waals surface area contributed by atoms with E-state index in [4.69, 9.17) is 15.9 Å². The lowest BCUT2D eigenvalue weighted by molar-refractivity contribution is -0.142. The van der Waals surface area contributed by atoms with Gasteiger partial charge in [-0.25, -0.2) is 13.2 Å². The highest BCUT2D eigenvalue weighted by Crippen LogP contribution is 2.32. The van der Waals surface area contributed by atoms with Crippen molar-refractivity contribution in [1.82, 2.24) is 0 Å². The van der Waals surface area contributed by atoms with E-state index in [-0.39, 0.29) is 47.2 Å². The number of sulfone groups is 1. The molecule has 1 heterocycles. The van der Waals surface area contributed by atoms with Gasteiger partial charge >= 0.3 is 5.97 Å². The standard InChI is InChI=1S/C33H34N4O5S.HI/c1-2-42-33(39)32(43(40,41)28-16-14-23-6-3-4-7-25(23)21-28)36-27-15-17-29-26(20-27)8-5-19-37(29)30(38)18-11-22-9-12-24(13-10-22)31(34)35;/h3-4,6-7,9-10,12-17,20-21,32,36H,2,5,8,11,18-19H2,1H3,(H3,34,35);1H. The van der Waals surface area contributed by atoms with Crippen LogP contribution in [0, 0.1) is 5.41 Å². The third-order valence-corrected chi connectivity index (χ3v) is 9.39. The fourth-order valence-corrected chi connectivity index (χ4v) is 6.73. The summed E-state index contributed by atoms with van der Waals surface area (Å²) in [6.07, 6.45) is 2.33. The van der Waals surface area contributed by atoms with Gasteiger partial charge in [0.2, 0.25) is 21.1 Å². The summed E-state index contributed by atoms with van der Waals surface area (Å²) >= 11 is 0. The Morgan fingerprint density at radius 1 is 1.00 bits per heavy atom. The van der Waals surface area contributed by atoms with Crippen LogP contribution in [0.25, 0.3) is 10.8 Å². The van der Waals surface area contributed by atoms with Crippen LogP contribution >= 0.6 is 24.0 Å². The molecule has 1 aliphatic rings. The Kier molecular flexibility index (Phi) is 10.6. The average molecular weight is 727 g/mol. The summed E-state index contributed by atoms with van der Waals surface area (Å²) in [6.45, 7) is 2.25. The number of anilines is 2. The van der Waals surface area contributed by atoms with Crippen molar-refractivity contribution in [2.24, 2.45) is 5.73 Å². The van der Waals surface area contributed by atoms with Gasteiger partial charge in [-0.05, 0) is 78.4 Å². The summed E-state index contributed by atoms with van der Waals surface area (Å²) in [5.74, 6) is -0.900. The molecule has 0 aromatic heterocycles. The first kappa shape index (κ1) is 32.9. The number of hydrogen-bond acceptors (Lipinski definition) is 7. The number of carbonyl (C=O) groups excluding carboxylic acids is 2. The van der Waals surface area contributed by atoms with Crippen LogP contribution in [0.2, 0.25) is 0 Å². The second-order valence-corrected chi connectivity index (χ2v) is 12.5. The molecule has 4 aromatic carbocycles. The van der Waals surface area contributed by atoms with Gasteiger partial charge in [-0.2, -0.15) is 0 Å². The van der Waals surface area contributed by atoms with Crippen molar-refractivity contribution in [3.05, 3.63) is 102 Å². The van der Waals surface area contributed by atoms with E-state index in [1.165, 1.54) is 6.07 Å². The summed E-state index contributed by atoms with van der Waals surface area (Å²) in [4.78, 5) is 28.0. The number of amides is 1. The van der Waals surface area contributed by atoms with E-state index in [0.29, 0.717) is 37.1 Å². The molecule has 0 aliphatic carbocycles. The number of hydrogen-bond donors (Lipinski definition) is 3. The van der Waals surface area contributed by atoms with Crippen LogP contribution in [0.3, 0.4) is 0 Å². The van der Waals surface area contributed by atoms with Gasteiger partial charge in [0.25, 0.3) is 0 Å². The first-order valence-electron chi connectivity index (χ1n) is 14.2. The summed E-state index contributed by atoms with van der Waals surface area (Å²) in [6, 6.07) is 24.8. The molecule has 11 heteroatoms. The largest absolute Gasteiger partial charge is 0.464 e. The number of ether oxygens (including phenoxy) is 1. The van der Waals surface area contributed by atoms with Crippen molar-refractivity contribution in [3.8, 4) is 0 Å². The van der Waals surface area contributed by atoms with Crippen LogP contribution in [0.4, 0.5) is 11.4 Å². The molecular formula is C33H35IN4O5S. The number of rotatable bonds is 10. The lowest BCUT2D eigenvalue weighted by Crippen LogP contribution is -2.39. The third kappa shape index (κ3) is 7.21. The maximum atomic E-state index is 13.7. The SMILES string of the molecule is CCOC(=O)C(Nc1ccc2c(c1)CCCN2C(=O)CCc1ccc(C(=N)N)cc1)S(=O)(=O)c1ccc2ccccc2c1.I. The molecule has 9 nitrogen and oxygen atoms in total. The molecule has 0 fully saturated rings. The molecule has 5 rings (SSSR count). The highest BCUT2D eigenvalue weighted by Gasteiger charge is 2.36. The minimum Gasteiger partial charge on any atom is -0.464 e. The molecular weight excluding hydrogens is 691 g/mol. The average Bonchev–Trinajstić information content (AvgIpc) is 3.02. The van der Waals surface area contributed by atoms with E-state index in [1.54, 1.807) is 54.3 Å². The highest BCUT2D eigenvalue weighted by atomic mass is 127. The number of fused-ring (bicyclic) bond motifs is 2.